The molecule has 0 saturated carbocycles. The lowest BCUT2D eigenvalue weighted by atomic mass is 10.2. The van der Waals surface area contributed by atoms with Crippen LogP contribution in [0.25, 0.3) is 0 Å². The van der Waals surface area contributed by atoms with Gasteiger partial charge in [0.25, 0.3) is 0 Å². The largest absolute Gasteiger partial charge is 0.491 e. The van der Waals surface area contributed by atoms with E-state index < -0.39 is 0 Å². The molecular weight excluding hydrogens is 238 g/mol. The van der Waals surface area contributed by atoms with Gasteiger partial charge in [-0.25, -0.2) is 0 Å². The van der Waals surface area contributed by atoms with Crippen LogP contribution in [0, 0.1) is 0 Å². The van der Waals surface area contributed by atoms with Crippen molar-refractivity contribution in [2.24, 2.45) is 5.73 Å². The summed E-state index contributed by atoms with van der Waals surface area (Å²) in [4.78, 5) is 0. The molecule has 0 unspecified atom stereocenters. The van der Waals surface area contributed by atoms with Crippen LogP contribution in [0.4, 0.5) is 0 Å². The van der Waals surface area contributed by atoms with E-state index in [9.17, 15) is 0 Å². The van der Waals surface area contributed by atoms with E-state index in [0.717, 1.165) is 5.56 Å². The van der Waals surface area contributed by atoms with Gasteiger partial charge in [-0.15, -0.1) is 0 Å². The van der Waals surface area contributed by atoms with Gasteiger partial charge < -0.3 is 29.8 Å². The monoisotopic (exact) mass is 255 g/mol. The van der Waals surface area contributed by atoms with E-state index in [4.69, 9.17) is 29.8 Å². The summed E-state index contributed by atoms with van der Waals surface area (Å²) < 4.78 is 21.2. The van der Waals surface area contributed by atoms with E-state index in [1.807, 2.05) is 6.07 Å². The standard InChI is InChI=1S/C12H17NO5/c13-7-9-5-11-12(18-8-17-11)6-10(9)16-4-3-15-2-1-14/h5-6,14H,1-4,7-8,13H2. The molecule has 2 rings (SSSR count). The Bertz CT molecular complexity index is 396. The maximum atomic E-state index is 8.56. The molecular formula is C12H17NO5. The van der Waals surface area contributed by atoms with Crippen LogP contribution in [0.1, 0.15) is 5.56 Å². The lowest BCUT2D eigenvalue weighted by Crippen LogP contribution is -2.10. The van der Waals surface area contributed by atoms with Crippen LogP contribution in [0.2, 0.25) is 0 Å². The molecule has 0 bridgehead atoms. The highest BCUT2D eigenvalue weighted by Crippen LogP contribution is 2.37. The highest BCUT2D eigenvalue weighted by Gasteiger charge is 2.17. The van der Waals surface area contributed by atoms with Gasteiger partial charge in [-0.3, -0.25) is 0 Å². The van der Waals surface area contributed by atoms with Gasteiger partial charge in [0.2, 0.25) is 6.79 Å². The van der Waals surface area contributed by atoms with E-state index >= 15 is 0 Å². The first-order valence-electron chi connectivity index (χ1n) is 5.79. The Morgan fingerprint density at radius 1 is 1.17 bits per heavy atom. The Hall–Kier alpha value is -1.50. The molecule has 100 valence electrons. The van der Waals surface area contributed by atoms with E-state index in [1.165, 1.54) is 0 Å². The van der Waals surface area contributed by atoms with Crippen LogP contribution in [-0.2, 0) is 11.3 Å². The van der Waals surface area contributed by atoms with Gasteiger partial charge in [-0.05, 0) is 6.07 Å². The summed E-state index contributed by atoms with van der Waals surface area (Å²) in [5, 5.41) is 8.56. The summed E-state index contributed by atoms with van der Waals surface area (Å²) in [6, 6.07) is 3.60. The summed E-state index contributed by atoms with van der Waals surface area (Å²) in [5.41, 5.74) is 6.52. The van der Waals surface area contributed by atoms with Gasteiger partial charge in [-0.2, -0.15) is 0 Å². The molecule has 1 aromatic carbocycles. The Labute approximate surface area is 105 Å². The van der Waals surface area contributed by atoms with Crippen molar-refractivity contribution in [1.29, 1.82) is 0 Å². The van der Waals surface area contributed by atoms with E-state index in [0.29, 0.717) is 43.6 Å². The molecule has 0 aromatic heterocycles. The Morgan fingerprint density at radius 3 is 2.67 bits per heavy atom. The molecule has 0 aliphatic carbocycles. The maximum absolute atomic E-state index is 8.56. The van der Waals surface area contributed by atoms with Crippen LogP contribution < -0.4 is 19.9 Å². The van der Waals surface area contributed by atoms with E-state index in [1.54, 1.807) is 6.07 Å². The second kappa shape index (κ2) is 6.44. The first-order chi connectivity index (χ1) is 8.85. The van der Waals surface area contributed by atoms with Crippen LogP contribution in [-0.4, -0.2) is 38.3 Å². The van der Waals surface area contributed by atoms with Crippen LogP contribution in [0.5, 0.6) is 17.2 Å². The van der Waals surface area contributed by atoms with Crippen molar-refractivity contribution in [2.75, 3.05) is 33.2 Å². The number of fused-ring (bicyclic) bond motifs is 1. The average molecular weight is 255 g/mol. The first kappa shape index (κ1) is 12.9. The third kappa shape index (κ3) is 3.04. The molecule has 1 aliphatic rings. The average Bonchev–Trinajstić information content (AvgIpc) is 2.84. The molecule has 18 heavy (non-hydrogen) atoms. The first-order valence-corrected chi connectivity index (χ1v) is 5.79. The van der Waals surface area contributed by atoms with Crippen molar-refractivity contribution >= 4 is 0 Å². The molecule has 1 aromatic rings. The van der Waals surface area contributed by atoms with Gasteiger partial charge in [0.1, 0.15) is 12.4 Å². The van der Waals surface area contributed by atoms with E-state index in [-0.39, 0.29) is 13.4 Å². The van der Waals surface area contributed by atoms with Gasteiger partial charge in [0.05, 0.1) is 19.8 Å². The number of nitrogens with two attached hydrogens (primary N) is 1. The molecule has 3 N–H and O–H groups in total. The Balaban J connectivity index is 1.94. The minimum Gasteiger partial charge on any atom is -0.491 e. The Morgan fingerprint density at radius 2 is 1.94 bits per heavy atom. The maximum Gasteiger partial charge on any atom is 0.231 e. The number of benzene rings is 1. The minimum absolute atomic E-state index is 0.0120. The number of rotatable bonds is 7. The predicted molar refractivity (Wildman–Crippen MR) is 63.9 cm³/mol. The lowest BCUT2D eigenvalue weighted by Gasteiger charge is -2.11. The highest BCUT2D eigenvalue weighted by atomic mass is 16.7. The van der Waals surface area contributed by atoms with Crippen molar-refractivity contribution in [3.8, 4) is 17.2 Å². The zero-order valence-electron chi connectivity index (χ0n) is 10.1. The SMILES string of the molecule is NCc1cc2c(cc1OCCOCCO)OCO2. The number of aliphatic hydroxyl groups is 1. The Kier molecular flexibility index (Phi) is 4.63. The van der Waals surface area contributed by atoms with Crippen molar-refractivity contribution in [1.82, 2.24) is 0 Å². The molecule has 0 saturated heterocycles. The topological polar surface area (TPSA) is 83.2 Å². The van der Waals surface area contributed by atoms with Gasteiger partial charge >= 0.3 is 0 Å². The number of hydrogen-bond acceptors (Lipinski definition) is 6. The molecule has 1 heterocycles. The van der Waals surface area contributed by atoms with E-state index in [2.05, 4.69) is 0 Å². The number of aliphatic hydroxyl groups excluding tert-OH is 1. The highest BCUT2D eigenvalue weighted by molar-refractivity contribution is 5.51. The van der Waals surface area contributed by atoms with Crippen molar-refractivity contribution in [3.63, 3.8) is 0 Å². The lowest BCUT2D eigenvalue weighted by molar-refractivity contribution is 0.0702. The normalized spacial score (nSPS) is 12.8. The molecule has 1 aliphatic heterocycles. The zero-order chi connectivity index (χ0) is 12.8. The molecule has 6 heteroatoms. The number of hydrogen-bond donors (Lipinski definition) is 2. The van der Waals surface area contributed by atoms with Gasteiger partial charge in [0.15, 0.2) is 11.5 Å². The smallest absolute Gasteiger partial charge is 0.231 e. The fourth-order valence-electron chi connectivity index (χ4n) is 1.64. The quantitative estimate of drug-likeness (QED) is 0.680. The van der Waals surface area contributed by atoms with Gasteiger partial charge in [0, 0.05) is 18.2 Å². The number of ether oxygens (including phenoxy) is 4. The van der Waals surface area contributed by atoms with Crippen molar-refractivity contribution in [3.05, 3.63) is 17.7 Å². The fourth-order valence-corrected chi connectivity index (χ4v) is 1.64. The summed E-state index contributed by atoms with van der Waals surface area (Å²) in [6.07, 6.45) is 0. The molecule has 0 amide bonds. The van der Waals surface area contributed by atoms with Crippen LogP contribution in [0.15, 0.2) is 12.1 Å². The summed E-state index contributed by atoms with van der Waals surface area (Å²) >= 11 is 0. The van der Waals surface area contributed by atoms with Crippen molar-refractivity contribution < 1.29 is 24.1 Å². The van der Waals surface area contributed by atoms with Gasteiger partial charge in [-0.1, -0.05) is 0 Å². The summed E-state index contributed by atoms with van der Waals surface area (Å²) in [6.45, 7) is 1.73. The van der Waals surface area contributed by atoms with Crippen LogP contribution >= 0.6 is 0 Å². The molecule has 0 atom stereocenters. The fraction of sp³-hybridized carbons (Fsp3) is 0.500. The molecule has 0 fully saturated rings. The molecule has 6 nitrogen and oxygen atoms in total. The third-order valence-electron chi connectivity index (χ3n) is 2.50. The second-order valence-electron chi connectivity index (χ2n) is 3.70. The third-order valence-corrected chi connectivity index (χ3v) is 2.50. The summed E-state index contributed by atoms with van der Waals surface area (Å²) in [5.74, 6) is 2.03. The minimum atomic E-state index is 0.0120. The predicted octanol–water partition coefficient (Wildman–Crippen LogP) is 0.262. The molecule has 0 radical (unpaired) electrons. The molecule has 0 spiro atoms. The summed E-state index contributed by atoms with van der Waals surface area (Å²) in [7, 11) is 0. The van der Waals surface area contributed by atoms with Crippen molar-refractivity contribution in [2.45, 2.75) is 6.54 Å². The second-order valence-corrected chi connectivity index (χ2v) is 3.70. The zero-order valence-corrected chi connectivity index (χ0v) is 10.1. The van der Waals surface area contributed by atoms with Crippen LogP contribution in [0.3, 0.4) is 0 Å².